The molecule has 0 bridgehead atoms. The molecule has 0 atom stereocenters. The number of hydrogen-bond donors (Lipinski definition) is 0. The van der Waals surface area contributed by atoms with E-state index in [0.717, 1.165) is 0 Å². The Morgan fingerprint density at radius 2 is 1.79 bits per heavy atom. The fourth-order valence-electron chi connectivity index (χ4n) is 0.814. The van der Waals surface area contributed by atoms with Crippen LogP contribution in [0.15, 0.2) is 24.3 Å². The molecule has 0 aliphatic rings. The summed E-state index contributed by atoms with van der Waals surface area (Å²) in [6, 6.07) is 6.62. The molecule has 0 fully saturated rings. The van der Waals surface area contributed by atoms with Gasteiger partial charge in [-0.05, 0) is 24.3 Å². The zero-order chi connectivity index (χ0) is 9.68. The smallest absolute Gasteiger partial charge is 0.546 e. The molecule has 0 N–H and O–H groups in total. The minimum absolute atomic E-state index is 0. The molecule has 1 aromatic carbocycles. The van der Waals surface area contributed by atoms with Gasteiger partial charge < -0.3 is 19.4 Å². The standard InChI is InChI=1S/C9H10O4.Na/c1-12-7-2-4-8(5-3-7)13-6-9(10)11;/h2-5H,6H2,1H3,(H,10,11);/q;+1/p-1. The van der Waals surface area contributed by atoms with E-state index in [1.54, 1.807) is 31.4 Å². The van der Waals surface area contributed by atoms with E-state index in [9.17, 15) is 9.90 Å². The van der Waals surface area contributed by atoms with Gasteiger partial charge in [-0.1, -0.05) is 0 Å². The van der Waals surface area contributed by atoms with Crippen LogP contribution in [0, 0.1) is 0 Å². The molecule has 1 aromatic rings. The largest absolute Gasteiger partial charge is 1.00 e. The molecule has 70 valence electrons. The summed E-state index contributed by atoms with van der Waals surface area (Å²) < 4.78 is 9.76. The number of benzene rings is 1. The van der Waals surface area contributed by atoms with E-state index in [2.05, 4.69) is 0 Å². The van der Waals surface area contributed by atoms with Crippen LogP contribution in [-0.4, -0.2) is 19.7 Å². The van der Waals surface area contributed by atoms with Crippen LogP contribution in [-0.2, 0) is 4.79 Å². The van der Waals surface area contributed by atoms with Gasteiger partial charge in [-0.25, -0.2) is 0 Å². The molecule has 0 aliphatic carbocycles. The first-order valence-electron chi connectivity index (χ1n) is 3.69. The molecular formula is C9H9NaO4. The van der Waals surface area contributed by atoms with E-state index < -0.39 is 12.6 Å². The molecule has 0 aliphatic heterocycles. The number of rotatable bonds is 4. The maximum atomic E-state index is 10.0. The van der Waals surface area contributed by atoms with Crippen LogP contribution in [0.2, 0.25) is 0 Å². The van der Waals surface area contributed by atoms with Crippen LogP contribution >= 0.6 is 0 Å². The van der Waals surface area contributed by atoms with E-state index in [-0.39, 0.29) is 29.6 Å². The summed E-state index contributed by atoms with van der Waals surface area (Å²) >= 11 is 0. The molecule has 1 rings (SSSR count). The second kappa shape index (κ2) is 6.70. The Morgan fingerprint density at radius 1 is 1.29 bits per heavy atom. The van der Waals surface area contributed by atoms with Crippen molar-refractivity contribution in [1.82, 2.24) is 0 Å². The predicted octanol–water partition coefficient (Wildman–Crippen LogP) is -3.17. The third-order valence-electron chi connectivity index (χ3n) is 1.42. The zero-order valence-corrected chi connectivity index (χ0v) is 10.1. The first-order valence-corrected chi connectivity index (χ1v) is 3.69. The molecule has 14 heavy (non-hydrogen) atoms. The maximum absolute atomic E-state index is 10.0. The number of ether oxygens (including phenoxy) is 2. The molecule has 0 heterocycles. The van der Waals surface area contributed by atoms with Gasteiger partial charge in [0.1, 0.15) is 18.1 Å². The summed E-state index contributed by atoms with van der Waals surface area (Å²) in [5, 5.41) is 10.0. The average Bonchev–Trinajstić information content (AvgIpc) is 2.15. The first-order chi connectivity index (χ1) is 6.22. The summed E-state index contributed by atoms with van der Waals surface area (Å²) in [6.07, 6.45) is 0. The topological polar surface area (TPSA) is 58.6 Å². The van der Waals surface area contributed by atoms with Crippen molar-refractivity contribution < 1.29 is 48.9 Å². The van der Waals surface area contributed by atoms with Gasteiger partial charge in [0.15, 0.2) is 0 Å². The Labute approximate surface area is 104 Å². The van der Waals surface area contributed by atoms with Crippen molar-refractivity contribution in [3.63, 3.8) is 0 Å². The SMILES string of the molecule is COc1ccc(OCC(=O)[O-])cc1.[Na+]. The second-order valence-electron chi connectivity index (χ2n) is 2.34. The van der Waals surface area contributed by atoms with Crippen molar-refractivity contribution in [1.29, 1.82) is 0 Å². The monoisotopic (exact) mass is 204 g/mol. The molecule has 4 nitrogen and oxygen atoms in total. The molecule has 0 unspecified atom stereocenters. The number of methoxy groups -OCH3 is 1. The maximum Gasteiger partial charge on any atom is 1.00 e. The van der Waals surface area contributed by atoms with Crippen LogP contribution in [0.25, 0.3) is 0 Å². The van der Waals surface area contributed by atoms with E-state index in [4.69, 9.17) is 9.47 Å². The molecule has 0 aromatic heterocycles. The van der Waals surface area contributed by atoms with Crippen LogP contribution < -0.4 is 44.1 Å². The fraction of sp³-hybridized carbons (Fsp3) is 0.222. The van der Waals surface area contributed by atoms with Crippen LogP contribution in [0.5, 0.6) is 11.5 Å². The number of carbonyl (C=O) groups is 1. The van der Waals surface area contributed by atoms with E-state index >= 15 is 0 Å². The van der Waals surface area contributed by atoms with E-state index in [1.165, 1.54) is 0 Å². The Morgan fingerprint density at radius 3 is 2.21 bits per heavy atom. The van der Waals surface area contributed by atoms with Crippen LogP contribution in [0.4, 0.5) is 0 Å². The minimum Gasteiger partial charge on any atom is -0.546 e. The van der Waals surface area contributed by atoms with Gasteiger partial charge in [-0.2, -0.15) is 0 Å². The number of carboxylic acid groups (broad SMARTS) is 1. The number of hydrogen-bond acceptors (Lipinski definition) is 4. The summed E-state index contributed by atoms with van der Waals surface area (Å²) in [5.74, 6) is -0.0679. The van der Waals surface area contributed by atoms with Crippen molar-refractivity contribution in [3.8, 4) is 11.5 Å². The van der Waals surface area contributed by atoms with Gasteiger partial charge in [0, 0.05) is 0 Å². The van der Waals surface area contributed by atoms with Gasteiger partial charge in [0.25, 0.3) is 0 Å². The fourth-order valence-corrected chi connectivity index (χ4v) is 0.814. The van der Waals surface area contributed by atoms with Crippen molar-refractivity contribution >= 4 is 5.97 Å². The average molecular weight is 204 g/mol. The normalized spacial score (nSPS) is 8.64. The Balaban J connectivity index is 0.00000169. The summed E-state index contributed by atoms with van der Waals surface area (Å²) in [4.78, 5) is 10.0. The van der Waals surface area contributed by atoms with E-state index in [1.807, 2.05) is 0 Å². The minimum atomic E-state index is -1.24. The van der Waals surface area contributed by atoms with E-state index in [0.29, 0.717) is 11.5 Å². The van der Waals surface area contributed by atoms with Crippen molar-refractivity contribution in [3.05, 3.63) is 24.3 Å². The number of carboxylic acids is 1. The molecule has 0 radical (unpaired) electrons. The van der Waals surface area contributed by atoms with Gasteiger partial charge in [-0.3, -0.25) is 0 Å². The molecule has 0 saturated heterocycles. The Kier molecular flexibility index (Phi) is 6.36. The van der Waals surface area contributed by atoms with Gasteiger partial charge >= 0.3 is 29.6 Å². The van der Waals surface area contributed by atoms with Crippen LogP contribution in [0.3, 0.4) is 0 Å². The Bertz CT molecular complexity index is 283. The molecule has 0 amide bonds. The molecule has 5 heteroatoms. The molecule has 0 saturated carbocycles. The van der Waals surface area contributed by atoms with Crippen molar-refractivity contribution in [2.24, 2.45) is 0 Å². The summed E-state index contributed by atoms with van der Waals surface area (Å²) in [5.41, 5.74) is 0. The second-order valence-corrected chi connectivity index (χ2v) is 2.34. The molecular weight excluding hydrogens is 195 g/mol. The van der Waals surface area contributed by atoms with Gasteiger partial charge in [-0.15, -0.1) is 0 Å². The summed E-state index contributed by atoms with van der Waals surface area (Å²) in [7, 11) is 1.55. The zero-order valence-electron chi connectivity index (χ0n) is 8.15. The number of carbonyl (C=O) groups excluding carboxylic acids is 1. The van der Waals surface area contributed by atoms with Crippen molar-refractivity contribution in [2.75, 3.05) is 13.7 Å². The quantitative estimate of drug-likeness (QED) is 0.485. The summed E-state index contributed by atoms with van der Waals surface area (Å²) in [6.45, 7) is -0.438. The predicted molar refractivity (Wildman–Crippen MR) is 43.5 cm³/mol. The van der Waals surface area contributed by atoms with Gasteiger partial charge in [0.2, 0.25) is 0 Å². The first kappa shape index (κ1) is 13.3. The Hall–Kier alpha value is -0.710. The molecule has 0 spiro atoms. The van der Waals surface area contributed by atoms with Crippen molar-refractivity contribution in [2.45, 2.75) is 0 Å². The number of aliphatic carboxylic acids is 1. The van der Waals surface area contributed by atoms with Gasteiger partial charge in [0.05, 0.1) is 13.1 Å². The third-order valence-corrected chi connectivity index (χ3v) is 1.42. The van der Waals surface area contributed by atoms with Crippen LogP contribution in [0.1, 0.15) is 0 Å². The third kappa shape index (κ3) is 4.50.